The Morgan fingerprint density at radius 3 is 3.10 bits per heavy atom. The Kier molecular flexibility index (Phi) is 4.06. The maximum atomic E-state index is 13.9. The minimum Gasteiger partial charge on any atom is -0.378 e. The molecule has 1 atom stereocenters. The van der Waals surface area contributed by atoms with Crippen molar-refractivity contribution in [3.05, 3.63) is 30.3 Å². The van der Waals surface area contributed by atoms with Gasteiger partial charge in [-0.25, -0.2) is 14.4 Å². The molecule has 1 saturated heterocycles. The normalized spacial score (nSPS) is 19.1. The number of ether oxygens (including phenoxy) is 1. The number of halogens is 1. The topological polar surface area (TPSA) is 47.0 Å². The molecule has 0 spiro atoms. The average Bonchev–Trinajstić information content (AvgIpc) is 2.49. The molecule has 0 aliphatic carbocycles. The largest absolute Gasteiger partial charge is 0.378 e. The van der Waals surface area contributed by atoms with E-state index < -0.39 is 0 Å². The summed E-state index contributed by atoms with van der Waals surface area (Å²) in [6.07, 6.45) is 6.19. The van der Waals surface area contributed by atoms with E-state index in [-0.39, 0.29) is 5.82 Å². The van der Waals surface area contributed by atoms with Crippen molar-refractivity contribution in [1.29, 1.82) is 0 Å². The Labute approximate surface area is 117 Å². The van der Waals surface area contributed by atoms with Crippen LogP contribution in [0.5, 0.6) is 0 Å². The molecular weight excluding hydrogens is 257 g/mol. The number of hydrogen-bond acceptors (Lipinski definition) is 4. The third-order valence-corrected chi connectivity index (χ3v) is 3.64. The number of nitrogens with zero attached hydrogens (tertiary/aromatic N) is 2. The van der Waals surface area contributed by atoms with Crippen molar-refractivity contribution < 1.29 is 9.13 Å². The second-order valence-corrected chi connectivity index (χ2v) is 5.06. The molecule has 20 heavy (non-hydrogen) atoms. The Balaban J connectivity index is 1.68. The minimum atomic E-state index is -0.292. The lowest BCUT2D eigenvalue weighted by atomic mass is 10.1. The molecule has 2 aromatic rings. The zero-order chi connectivity index (χ0) is 13.8. The first kappa shape index (κ1) is 13.2. The first-order chi connectivity index (χ1) is 9.84. The first-order valence-electron chi connectivity index (χ1n) is 7.09. The molecule has 1 aromatic carbocycles. The number of aromatic nitrogens is 2. The van der Waals surface area contributed by atoms with Gasteiger partial charge in [-0.2, -0.15) is 0 Å². The van der Waals surface area contributed by atoms with Gasteiger partial charge in [-0.15, -0.1) is 0 Å². The monoisotopic (exact) mass is 275 g/mol. The third-order valence-electron chi connectivity index (χ3n) is 3.64. The van der Waals surface area contributed by atoms with E-state index in [9.17, 15) is 4.39 Å². The number of nitrogens with one attached hydrogen (secondary N) is 1. The highest BCUT2D eigenvalue weighted by Crippen LogP contribution is 2.22. The predicted octanol–water partition coefficient (Wildman–Crippen LogP) is 3.14. The molecule has 2 heterocycles. The Bertz CT molecular complexity index is 579. The molecule has 1 aliphatic rings. The van der Waals surface area contributed by atoms with Crippen molar-refractivity contribution in [1.82, 2.24) is 9.97 Å². The van der Waals surface area contributed by atoms with Gasteiger partial charge in [0.25, 0.3) is 0 Å². The molecule has 1 unspecified atom stereocenters. The summed E-state index contributed by atoms with van der Waals surface area (Å²) >= 11 is 0. The van der Waals surface area contributed by atoms with Gasteiger partial charge in [0.2, 0.25) is 0 Å². The fourth-order valence-electron chi connectivity index (χ4n) is 2.59. The van der Waals surface area contributed by atoms with Crippen LogP contribution in [0.15, 0.2) is 24.5 Å². The lowest BCUT2D eigenvalue weighted by molar-refractivity contribution is 0.0134. The zero-order valence-corrected chi connectivity index (χ0v) is 11.3. The molecule has 0 saturated carbocycles. The van der Waals surface area contributed by atoms with Crippen molar-refractivity contribution in [2.75, 3.05) is 18.5 Å². The molecule has 106 valence electrons. The summed E-state index contributed by atoms with van der Waals surface area (Å²) < 4.78 is 19.6. The van der Waals surface area contributed by atoms with Crippen molar-refractivity contribution in [3.63, 3.8) is 0 Å². The molecule has 5 heteroatoms. The van der Waals surface area contributed by atoms with Crippen LogP contribution in [0.2, 0.25) is 0 Å². The maximum Gasteiger partial charge on any atom is 0.140 e. The second kappa shape index (κ2) is 6.13. The van der Waals surface area contributed by atoms with Crippen LogP contribution in [-0.2, 0) is 4.74 Å². The van der Waals surface area contributed by atoms with E-state index in [1.807, 2.05) is 0 Å². The highest BCUT2D eigenvalue weighted by molar-refractivity contribution is 5.89. The van der Waals surface area contributed by atoms with Crippen LogP contribution in [-0.4, -0.2) is 29.2 Å². The Morgan fingerprint density at radius 1 is 1.30 bits per heavy atom. The van der Waals surface area contributed by atoms with E-state index in [0.717, 1.165) is 32.4 Å². The quantitative estimate of drug-likeness (QED) is 0.931. The number of fused-ring (bicyclic) bond motifs is 1. The first-order valence-corrected chi connectivity index (χ1v) is 7.09. The molecule has 1 aliphatic heterocycles. The van der Waals surface area contributed by atoms with Crippen molar-refractivity contribution in [2.45, 2.75) is 31.8 Å². The van der Waals surface area contributed by atoms with Crippen LogP contribution in [0.25, 0.3) is 10.9 Å². The van der Waals surface area contributed by atoms with E-state index in [1.54, 1.807) is 12.1 Å². The summed E-state index contributed by atoms with van der Waals surface area (Å²) in [5.41, 5.74) is 0.622. The van der Waals surface area contributed by atoms with Crippen LogP contribution >= 0.6 is 0 Å². The van der Waals surface area contributed by atoms with E-state index in [1.165, 1.54) is 18.8 Å². The van der Waals surface area contributed by atoms with Crippen LogP contribution in [0.4, 0.5) is 10.2 Å². The van der Waals surface area contributed by atoms with Crippen molar-refractivity contribution in [3.8, 4) is 0 Å². The summed E-state index contributed by atoms with van der Waals surface area (Å²) in [7, 11) is 0. The van der Waals surface area contributed by atoms with Crippen LogP contribution in [0.1, 0.15) is 25.7 Å². The average molecular weight is 275 g/mol. The van der Waals surface area contributed by atoms with Gasteiger partial charge in [0, 0.05) is 13.2 Å². The molecule has 0 amide bonds. The smallest absolute Gasteiger partial charge is 0.140 e. The molecule has 1 N–H and O–H groups in total. The number of benzene rings is 1. The van der Waals surface area contributed by atoms with Gasteiger partial charge in [0.05, 0.1) is 17.0 Å². The lowest BCUT2D eigenvalue weighted by Gasteiger charge is -2.22. The lowest BCUT2D eigenvalue weighted by Crippen LogP contribution is -2.22. The van der Waals surface area contributed by atoms with E-state index in [0.29, 0.717) is 22.8 Å². The van der Waals surface area contributed by atoms with Gasteiger partial charge >= 0.3 is 0 Å². The number of anilines is 1. The molecule has 1 fully saturated rings. The van der Waals surface area contributed by atoms with Crippen molar-refractivity contribution in [2.24, 2.45) is 0 Å². The Morgan fingerprint density at radius 2 is 2.25 bits per heavy atom. The summed E-state index contributed by atoms with van der Waals surface area (Å²) in [6, 6.07) is 4.88. The van der Waals surface area contributed by atoms with Gasteiger partial charge in [-0.3, -0.25) is 0 Å². The number of hydrogen-bond donors (Lipinski definition) is 1. The highest BCUT2D eigenvalue weighted by Gasteiger charge is 2.14. The van der Waals surface area contributed by atoms with Gasteiger partial charge in [0.1, 0.15) is 18.0 Å². The molecule has 1 aromatic heterocycles. The van der Waals surface area contributed by atoms with Crippen LogP contribution < -0.4 is 5.32 Å². The zero-order valence-electron chi connectivity index (χ0n) is 11.3. The van der Waals surface area contributed by atoms with Gasteiger partial charge in [-0.05, 0) is 37.8 Å². The standard InChI is InChI=1S/C15H18FN3O/c16-12-5-3-6-13-14(12)15(19-10-18-13)17-8-7-11-4-1-2-9-20-11/h3,5-6,10-11H,1-2,4,7-9H2,(H,17,18,19). The van der Waals surface area contributed by atoms with E-state index >= 15 is 0 Å². The van der Waals surface area contributed by atoms with Gasteiger partial charge in [0.15, 0.2) is 0 Å². The van der Waals surface area contributed by atoms with Gasteiger partial charge < -0.3 is 10.1 Å². The number of rotatable bonds is 4. The van der Waals surface area contributed by atoms with E-state index in [4.69, 9.17) is 4.74 Å². The second-order valence-electron chi connectivity index (χ2n) is 5.06. The maximum absolute atomic E-state index is 13.9. The predicted molar refractivity (Wildman–Crippen MR) is 76.2 cm³/mol. The molecule has 3 rings (SSSR count). The highest BCUT2D eigenvalue weighted by atomic mass is 19.1. The molecule has 4 nitrogen and oxygen atoms in total. The van der Waals surface area contributed by atoms with E-state index in [2.05, 4.69) is 15.3 Å². The Hall–Kier alpha value is -1.75. The SMILES string of the molecule is Fc1cccc2ncnc(NCCC3CCCCO3)c12. The van der Waals surface area contributed by atoms with Crippen molar-refractivity contribution >= 4 is 16.7 Å². The van der Waals surface area contributed by atoms with Crippen LogP contribution in [0.3, 0.4) is 0 Å². The summed E-state index contributed by atoms with van der Waals surface area (Å²) in [6.45, 7) is 1.58. The summed E-state index contributed by atoms with van der Waals surface area (Å²) in [4.78, 5) is 8.23. The molecule has 0 bridgehead atoms. The fourth-order valence-corrected chi connectivity index (χ4v) is 2.59. The minimum absolute atomic E-state index is 0.292. The van der Waals surface area contributed by atoms with Gasteiger partial charge in [-0.1, -0.05) is 6.07 Å². The fraction of sp³-hybridized carbons (Fsp3) is 0.467. The summed E-state index contributed by atoms with van der Waals surface area (Å²) in [5, 5.41) is 3.66. The third kappa shape index (κ3) is 2.88. The summed E-state index contributed by atoms with van der Waals surface area (Å²) in [5.74, 6) is 0.267. The molecule has 0 radical (unpaired) electrons. The molecular formula is C15H18FN3O. The van der Waals surface area contributed by atoms with Crippen LogP contribution in [0, 0.1) is 5.82 Å².